The molecular formula is C20H19BrN2O4S. The maximum absolute atomic E-state index is 12.1. The first-order valence-electron chi connectivity index (χ1n) is 8.45. The number of carbonyl (C=O) groups excluding carboxylic acids is 1. The fourth-order valence-corrected chi connectivity index (χ4v) is 3.57. The van der Waals surface area contributed by atoms with E-state index in [2.05, 4.69) is 26.2 Å². The lowest BCUT2D eigenvalue weighted by Crippen LogP contribution is -2.15. The average Bonchev–Trinajstić information content (AvgIpc) is 3.16. The zero-order chi connectivity index (χ0) is 19.9. The lowest BCUT2D eigenvalue weighted by molar-refractivity contribution is -0.116. The van der Waals surface area contributed by atoms with Gasteiger partial charge in [-0.3, -0.25) is 4.79 Å². The van der Waals surface area contributed by atoms with Crippen LogP contribution in [0.5, 0.6) is 17.2 Å². The molecule has 0 saturated heterocycles. The first kappa shape index (κ1) is 20.2. The summed E-state index contributed by atoms with van der Waals surface area (Å²) in [5.41, 5.74) is 1.64. The molecule has 8 heteroatoms. The quantitative estimate of drug-likeness (QED) is 0.510. The third-order valence-corrected chi connectivity index (χ3v) is 5.07. The number of nitrogens with zero attached hydrogens (tertiary/aromatic N) is 1. The molecule has 0 spiro atoms. The molecule has 0 radical (unpaired) electrons. The van der Waals surface area contributed by atoms with Crippen LogP contribution in [0.2, 0.25) is 0 Å². The van der Waals surface area contributed by atoms with Gasteiger partial charge in [-0.25, -0.2) is 4.98 Å². The highest BCUT2D eigenvalue weighted by atomic mass is 79.9. The standard InChI is InChI=1S/C20H19BrN2O4S/c1-25-17-7-6-13(10-18(17)26-2)16-12-28-20(22-16)23-19(24)8-9-27-15-5-3-4-14(21)11-15/h3-7,10-12H,8-9H2,1-2H3,(H,22,23,24). The van der Waals surface area contributed by atoms with Crippen LogP contribution in [0, 0.1) is 0 Å². The van der Waals surface area contributed by atoms with Gasteiger partial charge < -0.3 is 19.5 Å². The van der Waals surface area contributed by atoms with Crippen molar-refractivity contribution in [3.05, 3.63) is 52.3 Å². The van der Waals surface area contributed by atoms with Gasteiger partial charge in [0.05, 0.1) is 32.9 Å². The Morgan fingerprint density at radius 3 is 2.71 bits per heavy atom. The van der Waals surface area contributed by atoms with Gasteiger partial charge in [0.15, 0.2) is 16.6 Å². The lowest BCUT2D eigenvalue weighted by atomic mass is 10.1. The average molecular weight is 463 g/mol. The molecule has 3 aromatic rings. The van der Waals surface area contributed by atoms with Crippen molar-refractivity contribution >= 4 is 38.3 Å². The zero-order valence-electron chi connectivity index (χ0n) is 15.4. The van der Waals surface area contributed by atoms with Crippen molar-refractivity contribution in [1.29, 1.82) is 0 Å². The molecule has 1 N–H and O–H groups in total. The minimum Gasteiger partial charge on any atom is -0.493 e. The first-order valence-corrected chi connectivity index (χ1v) is 10.1. The summed E-state index contributed by atoms with van der Waals surface area (Å²) in [5, 5.41) is 5.23. The van der Waals surface area contributed by atoms with Crippen molar-refractivity contribution in [3.8, 4) is 28.5 Å². The van der Waals surface area contributed by atoms with Crippen LogP contribution in [0.1, 0.15) is 6.42 Å². The Bertz CT molecular complexity index is 961. The van der Waals surface area contributed by atoms with Crippen LogP contribution in [0.4, 0.5) is 5.13 Å². The Morgan fingerprint density at radius 2 is 1.96 bits per heavy atom. The van der Waals surface area contributed by atoms with Crippen molar-refractivity contribution in [1.82, 2.24) is 4.98 Å². The second kappa shape index (κ2) is 9.57. The number of thiazole rings is 1. The number of methoxy groups -OCH3 is 2. The van der Waals surface area contributed by atoms with Gasteiger partial charge in [-0.05, 0) is 36.4 Å². The molecule has 1 aromatic heterocycles. The number of nitrogens with one attached hydrogen (secondary N) is 1. The molecule has 0 bridgehead atoms. The number of hydrogen-bond acceptors (Lipinski definition) is 6. The molecule has 0 unspecified atom stereocenters. The molecule has 0 aliphatic carbocycles. The molecule has 146 valence electrons. The van der Waals surface area contributed by atoms with Crippen LogP contribution >= 0.6 is 27.3 Å². The van der Waals surface area contributed by atoms with E-state index in [0.717, 1.165) is 15.7 Å². The summed E-state index contributed by atoms with van der Waals surface area (Å²) in [6, 6.07) is 13.1. The number of rotatable bonds is 8. The fourth-order valence-electron chi connectivity index (χ4n) is 2.46. The highest BCUT2D eigenvalue weighted by molar-refractivity contribution is 9.10. The predicted octanol–water partition coefficient (Wildman–Crippen LogP) is 5.00. The minimum atomic E-state index is -0.150. The summed E-state index contributed by atoms with van der Waals surface area (Å²) in [5.74, 6) is 1.85. The number of anilines is 1. The predicted molar refractivity (Wildman–Crippen MR) is 114 cm³/mol. The largest absolute Gasteiger partial charge is 0.493 e. The van der Waals surface area contributed by atoms with Gasteiger partial charge >= 0.3 is 0 Å². The van der Waals surface area contributed by atoms with E-state index in [1.165, 1.54) is 11.3 Å². The SMILES string of the molecule is COc1ccc(-c2csc(NC(=O)CCOc3cccc(Br)c3)n2)cc1OC. The first-order chi connectivity index (χ1) is 13.6. The second-order valence-corrected chi connectivity index (χ2v) is 7.49. The fraction of sp³-hybridized carbons (Fsp3) is 0.200. The number of hydrogen-bond donors (Lipinski definition) is 1. The van der Waals surface area contributed by atoms with Gasteiger partial charge in [0.2, 0.25) is 5.91 Å². The van der Waals surface area contributed by atoms with Crippen molar-refractivity contribution < 1.29 is 19.0 Å². The smallest absolute Gasteiger partial charge is 0.229 e. The summed E-state index contributed by atoms with van der Waals surface area (Å²) < 4.78 is 17.1. The third kappa shape index (κ3) is 5.24. The summed E-state index contributed by atoms with van der Waals surface area (Å²) >= 11 is 4.75. The van der Waals surface area contributed by atoms with E-state index in [1.54, 1.807) is 14.2 Å². The van der Waals surface area contributed by atoms with Crippen LogP contribution in [0.15, 0.2) is 52.3 Å². The van der Waals surface area contributed by atoms with Gasteiger partial charge in [-0.15, -0.1) is 11.3 Å². The van der Waals surface area contributed by atoms with Crippen molar-refractivity contribution in [2.45, 2.75) is 6.42 Å². The molecule has 1 amide bonds. The second-order valence-electron chi connectivity index (χ2n) is 5.71. The van der Waals surface area contributed by atoms with Crippen molar-refractivity contribution in [2.24, 2.45) is 0 Å². The molecule has 3 rings (SSSR count). The molecule has 0 aliphatic rings. The van der Waals surface area contributed by atoms with Gasteiger partial charge in [-0.2, -0.15) is 0 Å². The van der Waals surface area contributed by atoms with Gasteiger partial charge in [0.25, 0.3) is 0 Å². The van der Waals surface area contributed by atoms with Crippen LogP contribution < -0.4 is 19.5 Å². The Kier molecular flexibility index (Phi) is 6.89. The summed E-state index contributed by atoms with van der Waals surface area (Å²) in [6.45, 7) is 0.288. The van der Waals surface area contributed by atoms with E-state index in [4.69, 9.17) is 14.2 Å². The van der Waals surface area contributed by atoms with Gasteiger partial charge in [0, 0.05) is 15.4 Å². The molecule has 0 aliphatic heterocycles. The molecular weight excluding hydrogens is 444 g/mol. The lowest BCUT2D eigenvalue weighted by Gasteiger charge is -2.08. The van der Waals surface area contributed by atoms with E-state index >= 15 is 0 Å². The minimum absolute atomic E-state index is 0.150. The number of benzene rings is 2. The number of ether oxygens (including phenoxy) is 3. The monoisotopic (exact) mass is 462 g/mol. The molecule has 0 saturated carbocycles. The molecule has 28 heavy (non-hydrogen) atoms. The topological polar surface area (TPSA) is 69.7 Å². The van der Waals surface area contributed by atoms with Crippen LogP contribution in [-0.4, -0.2) is 31.7 Å². The molecule has 0 atom stereocenters. The van der Waals surface area contributed by atoms with E-state index in [1.807, 2.05) is 47.8 Å². The van der Waals surface area contributed by atoms with E-state index in [0.29, 0.717) is 22.4 Å². The van der Waals surface area contributed by atoms with Gasteiger partial charge in [-0.1, -0.05) is 22.0 Å². The summed E-state index contributed by atoms with van der Waals surface area (Å²) in [7, 11) is 3.18. The number of aromatic nitrogens is 1. The molecule has 2 aromatic carbocycles. The van der Waals surface area contributed by atoms with Gasteiger partial charge in [0.1, 0.15) is 5.75 Å². The van der Waals surface area contributed by atoms with Crippen molar-refractivity contribution in [2.75, 3.05) is 26.1 Å². The zero-order valence-corrected chi connectivity index (χ0v) is 17.8. The maximum atomic E-state index is 12.1. The molecule has 1 heterocycles. The Hall–Kier alpha value is -2.58. The highest BCUT2D eigenvalue weighted by Crippen LogP contribution is 2.33. The van der Waals surface area contributed by atoms with Crippen LogP contribution in [0.3, 0.4) is 0 Å². The van der Waals surface area contributed by atoms with E-state index in [-0.39, 0.29) is 18.9 Å². The number of amides is 1. The summed E-state index contributed by atoms with van der Waals surface area (Å²) in [6.07, 6.45) is 0.234. The Morgan fingerprint density at radius 1 is 1.14 bits per heavy atom. The maximum Gasteiger partial charge on any atom is 0.229 e. The van der Waals surface area contributed by atoms with Crippen molar-refractivity contribution in [3.63, 3.8) is 0 Å². The Labute approximate surface area is 175 Å². The number of carbonyl (C=O) groups is 1. The Balaban J connectivity index is 1.56. The normalized spacial score (nSPS) is 10.4. The van der Waals surface area contributed by atoms with E-state index in [9.17, 15) is 4.79 Å². The summed E-state index contributed by atoms with van der Waals surface area (Å²) in [4.78, 5) is 16.6. The highest BCUT2D eigenvalue weighted by Gasteiger charge is 2.11. The molecule has 6 nitrogen and oxygen atoms in total. The third-order valence-electron chi connectivity index (χ3n) is 3.82. The van der Waals surface area contributed by atoms with E-state index < -0.39 is 0 Å². The van der Waals surface area contributed by atoms with Crippen LogP contribution in [0.25, 0.3) is 11.3 Å². The number of halogens is 1. The molecule has 0 fully saturated rings. The van der Waals surface area contributed by atoms with Crippen LogP contribution in [-0.2, 0) is 4.79 Å².